The number of anilines is 1. The maximum Gasteiger partial charge on any atom is 0.339 e. The van der Waals surface area contributed by atoms with Crippen LogP contribution in [0.2, 0.25) is 0 Å². The van der Waals surface area contributed by atoms with E-state index in [9.17, 15) is 4.79 Å². The Bertz CT molecular complexity index is 419. The molecule has 0 bridgehead atoms. The number of aromatic nitrogens is 2. The summed E-state index contributed by atoms with van der Waals surface area (Å²) in [7, 11) is 0. The van der Waals surface area contributed by atoms with Gasteiger partial charge in [0.15, 0.2) is 5.82 Å². The summed E-state index contributed by atoms with van der Waals surface area (Å²) in [5.74, 6) is -0.777. The molecule has 17 heavy (non-hydrogen) atoms. The average Bonchev–Trinajstić information content (AvgIpc) is 2.22. The molecule has 1 rings (SSSR count). The van der Waals surface area contributed by atoms with Gasteiger partial charge in [-0.25, -0.2) is 4.79 Å². The molecule has 0 aliphatic rings. The van der Waals surface area contributed by atoms with Gasteiger partial charge in [-0.05, 0) is 32.8 Å². The van der Waals surface area contributed by atoms with E-state index < -0.39 is 12.1 Å². The molecule has 94 valence electrons. The summed E-state index contributed by atoms with van der Waals surface area (Å²) in [6.45, 7) is 5.54. The Morgan fingerprint density at radius 3 is 2.59 bits per heavy atom. The third-order valence-electron chi connectivity index (χ3n) is 2.52. The van der Waals surface area contributed by atoms with Crippen LogP contribution in [0.5, 0.6) is 0 Å². The Hall–Kier alpha value is -1.69. The minimum Gasteiger partial charge on any atom is -0.478 e. The third kappa shape index (κ3) is 3.39. The Kier molecular flexibility index (Phi) is 4.39. The van der Waals surface area contributed by atoms with Gasteiger partial charge < -0.3 is 15.5 Å². The average molecular weight is 239 g/mol. The lowest BCUT2D eigenvalue weighted by molar-refractivity contribution is 0.0696. The number of aliphatic hydroxyl groups is 1. The number of carbonyl (C=O) groups is 1. The van der Waals surface area contributed by atoms with Crippen molar-refractivity contribution < 1.29 is 15.0 Å². The minimum atomic E-state index is -1.03. The SMILES string of the molecule is Cc1nnc(NCCC(C)O)c(C(=O)O)c1C. The number of nitrogens with zero attached hydrogens (tertiary/aromatic N) is 2. The Balaban J connectivity index is 2.91. The van der Waals surface area contributed by atoms with Crippen molar-refractivity contribution in [3.8, 4) is 0 Å². The van der Waals surface area contributed by atoms with E-state index in [0.717, 1.165) is 0 Å². The zero-order valence-electron chi connectivity index (χ0n) is 10.2. The lowest BCUT2D eigenvalue weighted by Gasteiger charge is -2.11. The van der Waals surface area contributed by atoms with Crippen LogP contribution in [0, 0.1) is 13.8 Å². The highest BCUT2D eigenvalue weighted by molar-refractivity contribution is 5.94. The maximum absolute atomic E-state index is 11.1. The van der Waals surface area contributed by atoms with E-state index in [1.54, 1.807) is 20.8 Å². The monoisotopic (exact) mass is 239 g/mol. The molecule has 0 aliphatic carbocycles. The molecule has 0 fully saturated rings. The molecular formula is C11H17N3O3. The lowest BCUT2D eigenvalue weighted by atomic mass is 10.1. The highest BCUT2D eigenvalue weighted by Crippen LogP contribution is 2.18. The zero-order chi connectivity index (χ0) is 13.0. The standard InChI is InChI=1S/C11H17N3O3/c1-6(15)4-5-12-10-9(11(16)17)7(2)8(3)13-14-10/h6,15H,4-5H2,1-3H3,(H,12,14)(H,16,17). The van der Waals surface area contributed by atoms with Crippen LogP contribution in [0.15, 0.2) is 0 Å². The van der Waals surface area contributed by atoms with E-state index in [0.29, 0.717) is 24.2 Å². The number of carboxylic acid groups (broad SMARTS) is 1. The fraction of sp³-hybridized carbons (Fsp3) is 0.545. The highest BCUT2D eigenvalue weighted by Gasteiger charge is 2.17. The van der Waals surface area contributed by atoms with Gasteiger partial charge in [-0.15, -0.1) is 5.10 Å². The Morgan fingerprint density at radius 2 is 2.06 bits per heavy atom. The summed E-state index contributed by atoms with van der Waals surface area (Å²) in [4.78, 5) is 11.1. The minimum absolute atomic E-state index is 0.142. The first-order valence-electron chi connectivity index (χ1n) is 5.42. The number of rotatable bonds is 5. The number of aromatic carboxylic acids is 1. The molecule has 0 radical (unpaired) electrons. The molecule has 1 atom stereocenters. The zero-order valence-corrected chi connectivity index (χ0v) is 10.2. The number of hydrogen-bond acceptors (Lipinski definition) is 5. The van der Waals surface area contributed by atoms with Gasteiger partial charge in [-0.2, -0.15) is 5.10 Å². The second-order valence-electron chi connectivity index (χ2n) is 4.00. The van der Waals surface area contributed by atoms with Gasteiger partial charge >= 0.3 is 5.97 Å². The molecule has 1 aromatic rings. The summed E-state index contributed by atoms with van der Waals surface area (Å²) in [6.07, 6.45) is 0.0866. The summed E-state index contributed by atoms with van der Waals surface area (Å²) in [6, 6.07) is 0. The Morgan fingerprint density at radius 1 is 1.41 bits per heavy atom. The molecule has 3 N–H and O–H groups in total. The summed E-state index contributed by atoms with van der Waals surface area (Å²) in [5, 5.41) is 28.8. The molecule has 1 unspecified atom stereocenters. The third-order valence-corrected chi connectivity index (χ3v) is 2.52. The smallest absolute Gasteiger partial charge is 0.339 e. The van der Waals surface area contributed by atoms with Crippen molar-refractivity contribution in [3.63, 3.8) is 0 Å². The fourth-order valence-corrected chi connectivity index (χ4v) is 1.39. The number of aryl methyl sites for hydroxylation is 1. The van der Waals surface area contributed by atoms with E-state index in [2.05, 4.69) is 15.5 Å². The van der Waals surface area contributed by atoms with Crippen molar-refractivity contribution in [1.82, 2.24) is 10.2 Å². The second-order valence-corrected chi connectivity index (χ2v) is 4.00. The van der Waals surface area contributed by atoms with Gasteiger partial charge in [0.1, 0.15) is 5.56 Å². The van der Waals surface area contributed by atoms with Crippen LogP contribution in [-0.4, -0.2) is 39.0 Å². The summed E-state index contributed by atoms with van der Waals surface area (Å²) < 4.78 is 0. The molecule has 0 saturated carbocycles. The van der Waals surface area contributed by atoms with E-state index in [-0.39, 0.29) is 11.4 Å². The molecule has 0 saturated heterocycles. The number of nitrogens with one attached hydrogen (secondary N) is 1. The molecule has 1 aromatic heterocycles. The van der Waals surface area contributed by atoms with Crippen LogP contribution in [0.1, 0.15) is 35.0 Å². The largest absolute Gasteiger partial charge is 0.478 e. The molecule has 0 aromatic carbocycles. The van der Waals surface area contributed by atoms with Gasteiger partial charge in [-0.3, -0.25) is 0 Å². The first-order valence-corrected chi connectivity index (χ1v) is 5.42. The highest BCUT2D eigenvalue weighted by atomic mass is 16.4. The summed E-state index contributed by atoms with van der Waals surface area (Å²) >= 11 is 0. The molecular weight excluding hydrogens is 222 g/mol. The normalized spacial score (nSPS) is 12.2. The number of carboxylic acids is 1. The van der Waals surface area contributed by atoms with Crippen molar-refractivity contribution in [2.24, 2.45) is 0 Å². The van der Waals surface area contributed by atoms with Crippen LogP contribution in [0.25, 0.3) is 0 Å². The van der Waals surface area contributed by atoms with Gasteiger partial charge in [0, 0.05) is 6.54 Å². The van der Waals surface area contributed by atoms with Crippen molar-refractivity contribution in [2.75, 3.05) is 11.9 Å². The Labute approximate surface area is 99.7 Å². The molecule has 6 heteroatoms. The number of aliphatic hydroxyl groups excluding tert-OH is 1. The van der Waals surface area contributed by atoms with E-state index in [4.69, 9.17) is 10.2 Å². The van der Waals surface area contributed by atoms with Crippen molar-refractivity contribution in [1.29, 1.82) is 0 Å². The molecule has 6 nitrogen and oxygen atoms in total. The first kappa shape index (κ1) is 13.4. The van der Waals surface area contributed by atoms with Crippen LogP contribution in [0.3, 0.4) is 0 Å². The molecule has 0 aliphatic heterocycles. The van der Waals surface area contributed by atoms with Crippen molar-refractivity contribution in [3.05, 3.63) is 16.8 Å². The van der Waals surface area contributed by atoms with Crippen LogP contribution >= 0.6 is 0 Å². The number of hydrogen-bond donors (Lipinski definition) is 3. The van der Waals surface area contributed by atoms with E-state index in [1.807, 2.05) is 0 Å². The van der Waals surface area contributed by atoms with Crippen LogP contribution < -0.4 is 5.32 Å². The van der Waals surface area contributed by atoms with Gasteiger partial charge in [0.2, 0.25) is 0 Å². The molecule has 1 heterocycles. The van der Waals surface area contributed by atoms with Gasteiger partial charge in [-0.1, -0.05) is 0 Å². The predicted molar refractivity (Wildman–Crippen MR) is 63.3 cm³/mol. The predicted octanol–water partition coefficient (Wildman–Crippen LogP) is 0.974. The first-order chi connectivity index (χ1) is 7.93. The molecule has 0 spiro atoms. The van der Waals surface area contributed by atoms with Crippen molar-refractivity contribution >= 4 is 11.8 Å². The van der Waals surface area contributed by atoms with E-state index >= 15 is 0 Å². The summed E-state index contributed by atoms with van der Waals surface area (Å²) in [5.41, 5.74) is 1.35. The van der Waals surface area contributed by atoms with Crippen molar-refractivity contribution in [2.45, 2.75) is 33.3 Å². The van der Waals surface area contributed by atoms with E-state index in [1.165, 1.54) is 0 Å². The topological polar surface area (TPSA) is 95.3 Å². The quantitative estimate of drug-likeness (QED) is 0.708. The van der Waals surface area contributed by atoms with Crippen LogP contribution in [0.4, 0.5) is 5.82 Å². The second kappa shape index (κ2) is 5.58. The maximum atomic E-state index is 11.1. The van der Waals surface area contributed by atoms with Crippen LogP contribution in [-0.2, 0) is 0 Å². The van der Waals surface area contributed by atoms with Gasteiger partial charge in [0.25, 0.3) is 0 Å². The fourth-order valence-electron chi connectivity index (χ4n) is 1.39. The molecule has 0 amide bonds. The van der Waals surface area contributed by atoms with Gasteiger partial charge in [0.05, 0.1) is 11.8 Å². The lowest BCUT2D eigenvalue weighted by Crippen LogP contribution is -2.16.